The summed E-state index contributed by atoms with van der Waals surface area (Å²) in [4.78, 5) is 19.8. The Morgan fingerprint density at radius 3 is 2.29 bits per heavy atom. The first-order valence-electron chi connectivity index (χ1n) is 14.3. The Balaban J connectivity index is 1.44. The van der Waals surface area contributed by atoms with Gasteiger partial charge in [0.1, 0.15) is 23.1 Å². The van der Waals surface area contributed by atoms with Crippen molar-refractivity contribution >= 4 is 17.2 Å². The number of aromatic nitrogens is 1. The van der Waals surface area contributed by atoms with Crippen LogP contribution in [0.4, 0.5) is 0 Å². The zero-order valence-electron chi connectivity index (χ0n) is 25.1. The molecule has 42 heavy (non-hydrogen) atoms. The molecule has 0 aliphatic heterocycles. The predicted octanol–water partition coefficient (Wildman–Crippen LogP) is 6.76. The van der Waals surface area contributed by atoms with Gasteiger partial charge in [-0.1, -0.05) is 62.4 Å². The van der Waals surface area contributed by atoms with E-state index < -0.39 is 0 Å². The summed E-state index contributed by atoms with van der Waals surface area (Å²) in [5.74, 6) is 2.51. The molecule has 1 aromatic heterocycles. The zero-order chi connectivity index (χ0) is 29.9. The van der Waals surface area contributed by atoms with E-state index in [0.717, 1.165) is 47.1 Å². The number of amides is 1. The molecule has 8 heteroatoms. The van der Waals surface area contributed by atoms with E-state index >= 15 is 0 Å². The quantitative estimate of drug-likeness (QED) is 0.166. The topological polar surface area (TPSA) is 72.9 Å². The van der Waals surface area contributed by atoms with Crippen LogP contribution in [0.25, 0.3) is 0 Å². The highest BCUT2D eigenvalue weighted by Crippen LogP contribution is 2.28. The highest BCUT2D eigenvalue weighted by Gasteiger charge is 2.17. The summed E-state index contributed by atoms with van der Waals surface area (Å²) in [5.41, 5.74) is 3.94. The Hall–Kier alpha value is -3.88. The van der Waals surface area contributed by atoms with Gasteiger partial charge in [0.25, 0.3) is 5.91 Å². The number of hydrogen-bond donors (Lipinski definition) is 1. The van der Waals surface area contributed by atoms with Crippen molar-refractivity contribution in [3.63, 3.8) is 0 Å². The second kappa shape index (κ2) is 15.4. The lowest BCUT2D eigenvalue weighted by atomic mass is 10.1. The molecule has 1 atom stereocenters. The van der Waals surface area contributed by atoms with Gasteiger partial charge >= 0.3 is 0 Å². The number of methoxy groups -OCH3 is 2. The van der Waals surface area contributed by atoms with Crippen LogP contribution < -0.4 is 19.5 Å². The first kappa shape index (κ1) is 31.1. The standard InChI is InChI=1S/C34H41N3O4S/c1-24(2)25(3)35-34(38)30-23-42-33(36-30)21-37(18-17-26-13-16-31(39-4)32(19-26)40-5)20-27-11-14-29(15-12-27)41-22-28-9-7-6-8-10-28/h6-16,19,23-25H,17-18,20-22H2,1-5H3,(H,35,38). The summed E-state index contributed by atoms with van der Waals surface area (Å²) in [7, 11) is 3.29. The number of nitrogens with one attached hydrogen (secondary N) is 1. The summed E-state index contributed by atoms with van der Waals surface area (Å²) >= 11 is 1.52. The van der Waals surface area contributed by atoms with E-state index in [4.69, 9.17) is 14.2 Å². The Bertz CT molecular complexity index is 1410. The van der Waals surface area contributed by atoms with E-state index in [1.165, 1.54) is 16.9 Å². The number of carbonyl (C=O) groups excluding carboxylic acids is 1. The highest BCUT2D eigenvalue weighted by molar-refractivity contribution is 7.09. The number of nitrogens with zero attached hydrogens (tertiary/aromatic N) is 2. The van der Waals surface area contributed by atoms with Crippen molar-refractivity contribution in [1.29, 1.82) is 0 Å². The normalized spacial score (nSPS) is 11.9. The van der Waals surface area contributed by atoms with Crippen LogP contribution in [0, 0.1) is 5.92 Å². The number of rotatable bonds is 15. The van der Waals surface area contributed by atoms with E-state index in [1.807, 2.05) is 54.8 Å². The Morgan fingerprint density at radius 1 is 0.881 bits per heavy atom. The lowest BCUT2D eigenvalue weighted by molar-refractivity contribution is 0.0925. The minimum absolute atomic E-state index is 0.0836. The molecule has 0 radical (unpaired) electrons. The maximum atomic E-state index is 12.7. The van der Waals surface area contributed by atoms with Crippen molar-refractivity contribution in [3.8, 4) is 17.2 Å². The molecular weight excluding hydrogens is 546 g/mol. The monoisotopic (exact) mass is 587 g/mol. The van der Waals surface area contributed by atoms with Crippen molar-refractivity contribution in [2.75, 3.05) is 20.8 Å². The molecule has 1 unspecified atom stereocenters. The fraction of sp³-hybridized carbons (Fsp3) is 0.353. The zero-order valence-corrected chi connectivity index (χ0v) is 25.9. The number of benzene rings is 3. The van der Waals surface area contributed by atoms with Gasteiger partial charge in [-0.05, 0) is 60.2 Å². The summed E-state index contributed by atoms with van der Waals surface area (Å²) in [5, 5.41) is 5.81. The molecule has 0 fully saturated rings. The van der Waals surface area contributed by atoms with Gasteiger partial charge in [0.2, 0.25) is 0 Å². The van der Waals surface area contributed by atoms with E-state index in [-0.39, 0.29) is 11.9 Å². The van der Waals surface area contributed by atoms with Gasteiger partial charge in [0.15, 0.2) is 11.5 Å². The van der Waals surface area contributed by atoms with Crippen molar-refractivity contribution in [1.82, 2.24) is 15.2 Å². The summed E-state index contributed by atoms with van der Waals surface area (Å²) in [6.07, 6.45) is 0.823. The van der Waals surface area contributed by atoms with Crippen LogP contribution in [-0.4, -0.2) is 42.6 Å². The molecule has 3 aromatic carbocycles. The molecule has 0 saturated carbocycles. The van der Waals surface area contributed by atoms with Crippen LogP contribution in [-0.2, 0) is 26.1 Å². The Labute approximate surface area is 253 Å². The summed E-state index contributed by atoms with van der Waals surface area (Å²) in [6, 6.07) is 24.5. The lowest BCUT2D eigenvalue weighted by Crippen LogP contribution is -2.36. The van der Waals surface area contributed by atoms with Gasteiger partial charge in [-0.15, -0.1) is 11.3 Å². The highest BCUT2D eigenvalue weighted by atomic mass is 32.1. The Morgan fingerprint density at radius 2 is 1.60 bits per heavy atom. The molecule has 7 nitrogen and oxygen atoms in total. The maximum Gasteiger partial charge on any atom is 0.270 e. The third-order valence-electron chi connectivity index (χ3n) is 7.24. The molecule has 0 aliphatic rings. The molecule has 0 saturated heterocycles. The maximum absolute atomic E-state index is 12.7. The van der Waals surface area contributed by atoms with Crippen molar-refractivity contribution in [2.24, 2.45) is 5.92 Å². The third-order valence-corrected chi connectivity index (χ3v) is 8.08. The van der Waals surface area contributed by atoms with Crippen LogP contribution in [0.2, 0.25) is 0 Å². The third kappa shape index (κ3) is 9.06. The first-order chi connectivity index (χ1) is 20.3. The van der Waals surface area contributed by atoms with E-state index in [9.17, 15) is 4.79 Å². The number of ether oxygens (including phenoxy) is 3. The number of hydrogen-bond acceptors (Lipinski definition) is 7. The minimum Gasteiger partial charge on any atom is -0.493 e. The largest absolute Gasteiger partial charge is 0.493 e. The molecule has 4 aromatic rings. The van der Waals surface area contributed by atoms with Crippen LogP contribution in [0.5, 0.6) is 17.2 Å². The lowest BCUT2D eigenvalue weighted by Gasteiger charge is -2.22. The van der Waals surface area contributed by atoms with Gasteiger partial charge in [0, 0.05) is 24.5 Å². The van der Waals surface area contributed by atoms with E-state index in [2.05, 4.69) is 59.4 Å². The molecule has 1 N–H and O–H groups in total. The number of thiazole rings is 1. The fourth-order valence-electron chi connectivity index (χ4n) is 4.35. The second-order valence-corrected chi connectivity index (χ2v) is 11.6. The van der Waals surface area contributed by atoms with E-state index in [0.29, 0.717) is 30.5 Å². The van der Waals surface area contributed by atoms with Gasteiger partial charge in [-0.2, -0.15) is 0 Å². The van der Waals surface area contributed by atoms with Crippen LogP contribution in [0.15, 0.2) is 78.2 Å². The fourth-order valence-corrected chi connectivity index (χ4v) is 5.17. The molecular formula is C34H41N3O4S. The van der Waals surface area contributed by atoms with Crippen molar-refractivity contribution in [2.45, 2.75) is 52.9 Å². The van der Waals surface area contributed by atoms with Gasteiger partial charge in [-0.3, -0.25) is 9.69 Å². The number of carbonyl (C=O) groups is 1. The average Bonchev–Trinajstić information content (AvgIpc) is 3.48. The summed E-state index contributed by atoms with van der Waals surface area (Å²) in [6.45, 7) is 8.91. The summed E-state index contributed by atoms with van der Waals surface area (Å²) < 4.78 is 16.9. The molecule has 0 aliphatic carbocycles. The Kier molecular flexibility index (Phi) is 11.4. The molecule has 1 amide bonds. The van der Waals surface area contributed by atoms with Gasteiger partial charge < -0.3 is 19.5 Å². The van der Waals surface area contributed by atoms with Crippen molar-refractivity contribution in [3.05, 3.63) is 106 Å². The predicted molar refractivity (Wildman–Crippen MR) is 168 cm³/mol. The SMILES string of the molecule is COc1ccc(CCN(Cc2ccc(OCc3ccccc3)cc2)Cc2nc(C(=O)NC(C)C(C)C)cs2)cc1OC. The smallest absolute Gasteiger partial charge is 0.270 e. The minimum atomic E-state index is -0.123. The second-order valence-electron chi connectivity index (χ2n) is 10.7. The molecule has 222 valence electrons. The molecule has 4 rings (SSSR count). The molecule has 0 spiro atoms. The van der Waals surface area contributed by atoms with E-state index in [1.54, 1.807) is 14.2 Å². The van der Waals surface area contributed by atoms with Gasteiger partial charge in [0.05, 0.1) is 20.8 Å². The van der Waals surface area contributed by atoms with Crippen molar-refractivity contribution < 1.29 is 19.0 Å². The van der Waals surface area contributed by atoms with Gasteiger partial charge in [-0.25, -0.2) is 4.98 Å². The van der Waals surface area contributed by atoms with Crippen LogP contribution in [0.1, 0.15) is 53.0 Å². The first-order valence-corrected chi connectivity index (χ1v) is 15.2. The van der Waals surface area contributed by atoms with Crippen LogP contribution in [0.3, 0.4) is 0 Å². The van der Waals surface area contributed by atoms with Crippen LogP contribution >= 0.6 is 11.3 Å². The average molecular weight is 588 g/mol. The molecule has 0 bridgehead atoms. The molecule has 1 heterocycles.